The van der Waals surface area contributed by atoms with E-state index in [-0.39, 0.29) is 11.7 Å². The summed E-state index contributed by atoms with van der Waals surface area (Å²) in [5, 5.41) is 0. The zero-order chi connectivity index (χ0) is 15.1. The highest BCUT2D eigenvalue weighted by Gasteiger charge is 2.32. The first kappa shape index (κ1) is 13.1. The Labute approximate surface area is 129 Å². The number of allylic oxidation sites excluding steroid dienone is 3. The lowest BCUT2D eigenvalue weighted by Crippen LogP contribution is -2.20. The van der Waals surface area contributed by atoms with E-state index in [1.54, 1.807) is 6.08 Å². The van der Waals surface area contributed by atoms with Crippen LogP contribution in [0.5, 0.6) is 5.75 Å². The molecule has 1 heterocycles. The third kappa shape index (κ3) is 2.08. The van der Waals surface area contributed by atoms with Crippen LogP contribution in [0.25, 0.3) is 0 Å². The molecule has 1 atom stereocenters. The molecule has 0 fully saturated rings. The summed E-state index contributed by atoms with van der Waals surface area (Å²) < 4.78 is 5.95. The Bertz CT molecular complexity index is 810. The molecule has 2 nitrogen and oxygen atoms in total. The van der Waals surface area contributed by atoms with Gasteiger partial charge in [0.1, 0.15) is 11.5 Å². The molecule has 108 valence electrons. The van der Waals surface area contributed by atoms with Gasteiger partial charge in [-0.3, -0.25) is 4.79 Å². The molecule has 0 radical (unpaired) electrons. The van der Waals surface area contributed by atoms with Crippen molar-refractivity contribution in [2.75, 3.05) is 0 Å². The molecule has 0 spiro atoms. The number of hydrogen-bond acceptors (Lipinski definition) is 2. The fourth-order valence-electron chi connectivity index (χ4n) is 3.16. The normalized spacial score (nSPS) is 19.5. The molecule has 0 aromatic heterocycles. The van der Waals surface area contributed by atoms with Crippen LogP contribution < -0.4 is 4.74 Å². The van der Waals surface area contributed by atoms with Gasteiger partial charge in [0.2, 0.25) is 0 Å². The number of aryl methyl sites for hydroxylation is 1. The van der Waals surface area contributed by atoms with Gasteiger partial charge >= 0.3 is 0 Å². The highest BCUT2D eigenvalue weighted by Crippen LogP contribution is 2.46. The topological polar surface area (TPSA) is 26.3 Å². The second-order valence-corrected chi connectivity index (χ2v) is 5.82. The molecule has 22 heavy (non-hydrogen) atoms. The van der Waals surface area contributed by atoms with E-state index in [2.05, 4.69) is 37.3 Å². The summed E-state index contributed by atoms with van der Waals surface area (Å²) >= 11 is 0. The minimum absolute atomic E-state index is 0.0980. The van der Waals surface area contributed by atoms with Crippen LogP contribution in [0.3, 0.4) is 0 Å². The Kier molecular flexibility index (Phi) is 2.97. The standard InChI is InChI=1S/C20H16O2/c1-13-6-8-14(9-7-13)20-16-4-2-3-5-18(16)22-19-12-15(21)10-11-17(19)20/h2-9,11-12,20H,10H2,1H3. The molecular weight excluding hydrogens is 272 g/mol. The van der Waals surface area contributed by atoms with Gasteiger partial charge in [-0.05, 0) is 18.6 Å². The van der Waals surface area contributed by atoms with Gasteiger partial charge in [-0.25, -0.2) is 0 Å². The number of ether oxygens (including phenoxy) is 1. The van der Waals surface area contributed by atoms with Gasteiger partial charge in [-0.2, -0.15) is 0 Å². The van der Waals surface area contributed by atoms with Gasteiger partial charge in [0, 0.05) is 29.6 Å². The Morgan fingerprint density at radius 2 is 1.82 bits per heavy atom. The van der Waals surface area contributed by atoms with E-state index in [0.29, 0.717) is 12.2 Å². The fraction of sp³-hybridized carbons (Fsp3) is 0.150. The van der Waals surface area contributed by atoms with Crippen molar-refractivity contribution >= 4 is 5.78 Å². The largest absolute Gasteiger partial charge is 0.457 e. The van der Waals surface area contributed by atoms with Crippen LogP contribution >= 0.6 is 0 Å². The van der Waals surface area contributed by atoms with Crippen LogP contribution in [-0.2, 0) is 4.79 Å². The van der Waals surface area contributed by atoms with Crippen LogP contribution in [0.15, 0.2) is 72.0 Å². The maximum atomic E-state index is 11.7. The molecule has 0 saturated carbocycles. The lowest BCUT2D eigenvalue weighted by Gasteiger charge is -2.32. The van der Waals surface area contributed by atoms with Gasteiger partial charge in [-0.15, -0.1) is 0 Å². The summed E-state index contributed by atoms with van der Waals surface area (Å²) in [5.74, 6) is 1.76. The van der Waals surface area contributed by atoms with Crippen molar-refractivity contribution in [3.8, 4) is 5.75 Å². The molecule has 2 heteroatoms. The molecule has 2 aromatic carbocycles. The van der Waals surface area contributed by atoms with E-state index in [4.69, 9.17) is 4.74 Å². The first-order valence-electron chi connectivity index (χ1n) is 7.50. The molecule has 2 aliphatic rings. The van der Waals surface area contributed by atoms with E-state index in [9.17, 15) is 4.79 Å². The maximum Gasteiger partial charge on any atom is 0.163 e. The van der Waals surface area contributed by atoms with Crippen molar-refractivity contribution in [3.63, 3.8) is 0 Å². The SMILES string of the molecule is Cc1ccc(C2C3=CCC(=O)C=C3Oc3ccccc32)cc1. The Morgan fingerprint density at radius 3 is 2.64 bits per heavy atom. The molecule has 1 aliphatic carbocycles. The summed E-state index contributed by atoms with van der Waals surface area (Å²) in [7, 11) is 0. The third-order valence-electron chi connectivity index (χ3n) is 4.27. The van der Waals surface area contributed by atoms with Crippen molar-refractivity contribution in [1.82, 2.24) is 0 Å². The Hall–Kier alpha value is -2.61. The highest BCUT2D eigenvalue weighted by molar-refractivity contribution is 5.94. The number of fused-ring (bicyclic) bond motifs is 2. The highest BCUT2D eigenvalue weighted by atomic mass is 16.5. The lowest BCUT2D eigenvalue weighted by molar-refractivity contribution is -0.114. The Balaban J connectivity index is 1.92. The van der Waals surface area contributed by atoms with Crippen molar-refractivity contribution in [3.05, 3.63) is 88.7 Å². The molecular formula is C20H16O2. The number of hydrogen-bond donors (Lipinski definition) is 0. The lowest BCUT2D eigenvalue weighted by atomic mass is 9.79. The average Bonchev–Trinajstić information content (AvgIpc) is 2.53. The second-order valence-electron chi connectivity index (χ2n) is 5.82. The summed E-state index contributed by atoms with van der Waals surface area (Å²) in [4.78, 5) is 11.7. The quantitative estimate of drug-likeness (QED) is 0.782. The van der Waals surface area contributed by atoms with E-state index in [1.807, 2.05) is 24.3 Å². The number of carbonyl (C=O) groups excluding carboxylic acids is 1. The summed E-state index contributed by atoms with van der Waals surface area (Å²) in [6, 6.07) is 16.7. The van der Waals surface area contributed by atoms with Gasteiger partial charge in [0.05, 0.1) is 0 Å². The predicted octanol–water partition coefficient (Wildman–Crippen LogP) is 4.30. The van der Waals surface area contributed by atoms with Crippen LogP contribution in [-0.4, -0.2) is 5.78 Å². The molecule has 1 unspecified atom stereocenters. The minimum atomic E-state index is 0.0980. The fourth-order valence-corrected chi connectivity index (χ4v) is 3.16. The Morgan fingerprint density at radius 1 is 1.05 bits per heavy atom. The average molecular weight is 288 g/mol. The molecule has 1 aliphatic heterocycles. The number of benzene rings is 2. The molecule has 0 saturated heterocycles. The van der Waals surface area contributed by atoms with Gasteiger partial charge in [0.15, 0.2) is 5.78 Å². The first-order valence-corrected chi connectivity index (χ1v) is 7.50. The van der Waals surface area contributed by atoms with E-state index in [0.717, 1.165) is 16.9 Å². The number of carbonyl (C=O) groups is 1. The van der Waals surface area contributed by atoms with Gasteiger partial charge < -0.3 is 4.74 Å². The number of ketones is 1. The molecule has 0 bridgehead atoms. The van der Waals surface area contributed by atoms with Crippen molar-refractivity contribution in [2.24, 2.45) is 0 Å². The number of para-hydroxylation sites is 1. The smallest absolute Gasteiger partial charge is 0.163 e. The maximum absolute atomic E-state index is 11.7. The summed E-state index contributed by atoms with van der Waals surface area (Å²) in [5.41, 5.74) is 4.73. The zero-order valence-electron chi connectivity index (χ0n) is 12.4. The predicted molar refractivity (Wildman–Crippen MR) is 85.9 cm³/mol. The van der Waals surface area contributed by atoms with E-state index in [1.165, 1.54) is 11.1 Å². The zero-order valence-corrected chi connectivity index (χ0v) is 12.4. The van der Waals surface area contributed by atoms with Crippen molar-refractivity contribution in [1.29, 1.82) is 0 Å². The van der Waals surface area contributed by atoms with E-state index >= 15 is 0 Å². The third-order valence-corrected chi connectivity index (χ3v) is 4.27. The molecule has 0 N–H and O–H groups in total. The van der Waals surface area contributed by atoms with Crippen molar-refractivity contribution < 1.29 is 9.53 Å². The van der Waals surface area contributed by atoms with E-state index < -0.39 is 0 Å². The second kappa shape index (κ2) is 4.99. The van der Waals surface area contributed by atoms with Gasteiger partial charge in [0.25, 0.3) is 0 Å². The summed E-state index contributed by atoms with van der Waals surface area (Å²) in [6.45, 7) is 2.09. The minimum Gasteiger partial charge on any atom is -0.457 e. The molecule has 4 rings (SSSR count). The summed E-state index contributed by atoms with van der Waals surface area (Å²) in [6.07, 6.45) is 4.09. The first-order chi connectivity index (χ1) is 10.7. The van der Waals surface area contributed by atoms with Crippen LogP contribution in [0.4, 0.5) is 0 Å². The monoisotopic (exact) mass is 288 g/mol. The number of rotatable bonds is 1. The van der Waals surface area contributed by atoms with Crippen LogP contribution in [0.2, 0.25) is 0 Å². The van der Waals surface area contributed by atoms with Crippen LogP contribution in [0.1, 0.15) is 29.0 Å². The van der Waals surface area contributed by atoms with Crippen molar-refractivity contribution in [2.45, 2.75) is 19.3 Å². The van der Waals surface area contributed by atoms with Gasteiger partial charge in [-0.1, -0.05) is 54.1 Å². The van der Waals surface area contributed by atoms with Crippen LogP contribution in [0, 0.1) is 6.92 Å². The molecule has 2 aromatic rings. The molecule has 0 amide bonds.